The molecule has 0 aliphatic rings. The Morgan fingerprint density at radius 2 is 1.75 bits per heavy atom. The van der Waals surface area contributed by atoms with Crippen molar-refractivity contribution in [3.63, 3.8) is 0 Å². The van der Waals surface area contributed by atoms with E-state index in [0.29, 0.717) is 18.7 Å². The fourth-order valence-electron chi connectivity index (χ4n) is 1.59. The maximum atomic E-state index is 12.0. The molecular formula is C13H21N3O3S. The van der Waals surface area contributed by atoms with E-state index in [-0.39, 0.29) is 10.8 Å². The largest absolute Gasteiger partial charge is 0.355 e. The van der Waals surface area contributed by atoms with Crippen LogP contribution in [0.1, 0.15) is 23.7 Å². The molecule has 0 heterocycles. The van der Waals surface area contributed by atoms with Gasteiger partial charge in [0.15, 0.2) is 0 Å². The first kappa shape index (κ1) is 16.6. The Morgan fingerprint density at radius 1 is 1.10 bits per heavy atom. The molecule has 6 nitrogen and oxygen atoms in total. The van der Waals surface area contributed by atoms with Crippen LogP contribution in [0, 0.1) is 0 Å². The number of nitrogens with one attached hydrogen (secondary N) is 3. The van der Waals surface area contributed by atoms with Gasteiger partial charge in [-0.1, -0.05) is 6.92 Å². The maximum absolute atomic E-state index is 12.0. The molecule has 0 radical (unpaired) electrons. The average Bonchev–Trinajstić information content (AvgIpc) is 2.46. The lowest BCUT2D eigenvalue weighted by Crippen LogP contribution is -2.32. The van der Waals surface area contributed by atoms with Crippen molar-refractivity contribution in [3.8, 4) is 0 Å². The fourth-order valence-corrected chi connectivity index (χ4v) is 2.62. The summed E-state index contributed by atoms with van der Waals surface area (Å²) in [6.07, 6.45) is 1.01. The predicted molar refractivity (Wildman–Crippen MR) is 78.2 cm³/mol. The lowest BCUT2D eigenvalue weighted by Gasteiger charge is -2.08. The van der Waals surface area contributed by atoms with E-state index in [2.05, 4.69) is 15.4 Å². The zero-order chi connectivity index (χ0) is 15.0. The SMILES string of the molecule is CCCNCCNS(=O)(=O)c1ccc(C(=O)NC)cc1. The average molecular weight is 299 g/mol. The molecule has 20 heavy (non-hydrogen) atoms. The Kier molecular flexibility index (Phi) is 6.63. The molecule has 0 unspecified atom stereocenters. The summed E-state index contributed by atoms with van der Waals surface area (Å²) in [7, 11) is -1.99. The molecule has 1 amide bonds. The lowest BCUT2D eigenvalue weighted by atomic mass is 10.2. The van der Waals surface area contributed by atoms with Crippen molar-refractivity contribution >= 4 is 15.9 Å². The minimum Gasteiger partial charge on any atom is -0.355 e. The van der Waals surface area contributed by atoms with Gasteiger partial charge in [-0.15, -0.1) is 0 Å². The molecule has 0 spiro atoms. The van der Waals surface area contributed by atoms with Crippen LogP contribution >= 0.6 is 0 Å². The predicted octanol–water partition coefficient (Wildman–Crippen LogP) is 0.324. The van der Waals surface area contributed by atoms with Crippen molar-refractivity contribution in [2.75, 3.05) is 26.7 Å². The van der Waals surface area contributed by atoms with Crippen LogP contribution < -0.4 is 15.4 Å². The summed E-state index contributed by atoms with van der Waals surface area (Å²) < 4.78 is 26.5. The molecule has 7 heteroatoms. The highest BCUT2D eigenvalue weighted by atomic mass is 32.2. The first-order valence-electron chi connectivity index (χ1n) is 6.53. The molecule has 112 valence electrons. The van der Waals surface area contributed by atoms with E-state index in [4.69, 9.17) is 0 Å². The van der Waals surface area contributed by atoms with Gasteiger partial charge in [-0.25, -0.2) is 13.1 Å². The zero-order valence-electron chi connectivity index (χ0n) is 11.8. The Balaban J connectivity index is 2.61. The molecule has 3 N–H and O–H groups in total. The van der Waals surface area contributed by atoms with Crippen LogP contribution in [0.3, 0.4) is 0 Å². The zero-order valence-corrected chi connectivity index (χ0v) is 12.6. The Labute approximate surface area is 120 Å². The number of carbonyl (C=O) groups excluding carboxylic acids is 1. The molecule has 0 saturated carbocycles. The molecule has 0 atom stereocenters. The van der Waals surface area contributed by atoms with Gasteiger partial charge < -0.3 is 10.6 Å². The smallest absolute Gasteiger partial charge is 0.251 e. The van der Waals surface area contributed by atoms with E-state index in [1.807, 2.05) is 6.92 Å². The normalized spacial score (nSPS) is 11.3. The van der Waals surface area contributed by atoms with Gasteiger partial charge in [0.25, 0.3) is 5.91 Å². The van der Waals surface area contributed by atoms with Crippen LogP contribution in [-0.4, -0.2) is 41.0 Å². The van der Waals surface area contributed by atoms with Crippen LogP contribution in [0.2, 0.25) is 0 Å². The van der Waals surface area contributed by atoms with Gasteiger partial charge in [0.2, 0.25) is 10.0 Å². The molecule has 1 aromatic carbocycles. The van der Waals surface area contributed by atoms with Gasteiger partial charge in [-0.3, -0.25) is 4.79 Å². The fraction of sp³-hybridized carbons (Fsp3) is 0.462. The van der Waals surface area contributed by atoms with E-state index in [9.17, 15) is 13.2 Å². The number of hydrogen-bond acceptors (Lipinski definition) is 4. The van der Waals surface area contributed by atoms with Crippen LogP contribution in [0.5, 0.6) is 0 Å². The first-order chi connectivity index (χ1) is 9.51. The third kappa shape index (κ3) is 4.92. The number of benzene rings is 1. The summed E-state index contributed by atoms with van der Waals surface area (Å²) in [6.45, 7) is 3.83. The summed E-state index contributed by atoms with van der Waals surface area (Å²) in [5, 5.41) is 5.59. The van der Waals surface area contributed by atoms with Crippen molar-refractivity contribution in [2.24, 2.45) is 0 Å². The highest BCUT2D eigenvalue weighted by molar-refractivity contribution is 7.89. The number of carbonyl (C=O) groups is 1. The van der Waals surface area contributed by atoms with Gasteiger partial charge in [-0.05, 0) is 37.2 Å². The highest BCUT2D eigenvalue weighted by Gasteiger charge is 2.13. The van der Waals surface area contributed by atoms with Crippen LogP contribution in [-0.2, 0) is 10.0 Å². The van der Waals surface area contributed by atoms with Crippen LogP contribution in [0.15, 0.2) is 29.2 Å². The summed E-state index contributed by atoms with van der Waals surface area (Å²) in [5.41, 5.74) is 0.427. The number of rotatable bonds is 8. The maximum Gasteiger partial charge on any atom is 0.251 e. The van der Waals surface area contributed by atoms with Crippen molar-refractivity contribution in [3.05, 3.63) is 29.8 Å². The van der Waals surface area contributed by atoms with Crippen molar-refractivity contribution in [2.45, 2.75) is 18.2 Å². The van der Waals surface area contributed by atoms with E-state index in [0.717, 1.165) is 13.0 Å². The number of sulfonamides is 1. The highest BCUT2D eigenvalue weighted by Crippen LogP contribution is 2.10. The molecule has 0 fully saturated rings. The van der Waals surface area contributed by atoms with E-state index < -0.39 is 10.0 Å². The number of amides is 1. The monoisotopic (exact) mass is 299 g/mol. The lowest BCUT2D eigenvalue weighted by molar-refractivity contribution is 0.0963. The molecule has 0 aliphatic heterocycles. The van der Waals surface area contributed by atoms with Gasteiger partial charge in [-0.2, -0.15) is 0 Å². The molecule has 1 rings (SSSR count). The van der Waals surface area contributed by atoms with Crippen molar-refractivity contribution < 1.29 is 13.2 Å². The van der Waals surface area contributed by atoms with Crippen molar-refractivity contribution in [1.82, 2.24) is 15.4 Å². The molecule has 0 bridgehead atoms. The van der Waals surface area contributed by atoms with E-state index in [1.165, 1.54) is 31.3 Å². The molecule has 0 aliphatic carbocycles. The second kappa shape index (κ2) is 7.98. The second-order valence-electron chi connectivity index (χ2n) is 4.25. The third-order valence-electron chi connectivity index (χ3n) is 2.67. The number of hydrogen-bond donors (Lipinski definition) is 3. The van der Waals surface area contributed by atoms with Crippen molar-refractivity contribution in [1.29, 1.82) is 0 Å². The summed E-state index contributed by atoms with van der Waals surface area (Å²) in [5.74, 6) is -0.245. The van der Waals surface area contributed by atoms with Gasteiger partial charge in [0.05, 0.1) is 4.90 Å². The van der Waals surface area contributed by atoms with E-state index in [1.54, 1.807) is 0 Å². The third-order valence-corrected chi connectivity index (χ3v) is 4.15. The minimum atomic E-state index is -3.52. The van der Waals surface area contributed by atoms with Gasteiger partial charge in [0.1, 0.15) is 0 Å². The second-order valence-corrected chi connectivity index (χ2v) is 6.02. The van der Waals surface area contributed by atoms with Crippen LogP contribution in [0.4, 0.5) is 0 Å². The Bertz CT molecular complexity index is 526. The summed E-state index contributed by atoms with van der Waals surface area (Å²) in [6, 6.07) is 5.82. The molecule has 0 saturated heterocycles. The standard InChI is InChI=1S/C13H21N3O3S/c1-3-8-15-9-10-16-20(18,19)12-6-4-11(5-7-12)13(17)14-2/h4-7,15-16H,3,8-10H2,1-2H3,(H,14,17). The quantitative estimate of drug-likeness (QED) is 0.604. The molecular weight excluding hydrogens is 278 g/mol. The topological polar surface area (TPSA) is 87.3 Å². The van der Waals surface area contributed by atoms with Gasteiger partial charge in [0, 0.05) is 25.7 Å². The molecule has 0 aromatic heterocycles. The van der Waals surface area contributed by atoms with Gasteiger partial charge >= 0.3 is 0 Å². The van der Waals surface area contributed by atoms with E-state index >= 15 is 0 Å². The summed E-state index contributed by atoms with van der Waals surface area (Å²) in [4.78, 5) is 11.5. The van der Waals surface area contributed by atoms with Crippen LogP contribution in [0.25, 0.3) is 0 Å². The Morgan fingerprint density at radius 3 is 2.30 bits per heavy atom. The molecule has 1 aromatic rings. The minimum absolute atomic E-state index is 0.153. The summed E-state index contributed by atoms with van der Waals surface area (Å²) >= 11 is 0. The first-order valence-corrected chi connectivity index (χ1v) is 8.02. The Hall–Kier alpha value is -1.44.